The summed E-state index contributed by atoms with van der Waals surface area (Å²) in [5, 5.41) is 18.4. The zero-order valence-electron chi connectivity index (χ0n) is 22.9. The minimum atomic E-state index is -0.112. The largest absolute Gasteiger partial charge is 0.494 e. The summed E-state index contributed by atoms with van der Waals surface area (Å²) < 4.78 is 9.29. The Bertz CT molecular complexity index is 1450. The maximum absolute atomic E-state index is 13.0. The molecule has 0 spiro atoms. The number of pyridine rings is 1. The summed E-state index contributed by atoms with van der Waals surface area (Å²) in [6.07, 6.45) is 10.4. The molecule has 2 amide bonds. The number of amides is 2. The van der Waals surface area contributed by atoms with Crippen LogP contribution in [0.5, 0.6) is 5.75 Å². The fourth-order valence-corrected chi connectivity index (χ4v) is 5.42. The van der Waals surface area contributed by atoms with Gasteiger partial charge in [-0.1, -0.05) is 6.08 Å². The first-order chi connectivity index (χ1) is 18.8. The molecule has 5 heterocycles. The van der Waals surface area contributed by atoms with Crippen LogP contribution in [0, 0.1) is 24.2 Å². The Balaban J connectivity index is 1.20. The molecule has 11 heteroatoms. The van der Waals surface area contributed by atoms with Gasteiger partial charge in [0.25, 0.3) is 0 Å². The minimum absolute atomic E-state index is 0.0283. The summed E-state index contributed by atoms with van der Waals surface area (Å²) in [4.78, 5) is 31.0. The second-order valence-corrected chi connectivity index (χ2v) is 10.5. The van der Waals surface area contributed by atoms with Crippen LogP contribution in [0.15, 0.2) is 36.8 Å². The number of hydrogen-bond acceptors (Lipinski definition) is 7. The fourth-order valence-electron chi connectivity index (χ4n) is 5.42. The molecule has 0 radical (unpaired) electrons. The van der Waals surface area contributed by atoms with Gasteiger partial charge in [0.15, 0.2) is 0 Å². The van der Waals surface area contributed by atoms with E-state index in [1.165, 1.54) is 6.20 Å². The Hall–Kier alpha value is -4.17. The number of hydrogen-bond donors (Lipinski definition) is 0. The number of aromatic nitrogens is 4. The standard InChI is InChI=1S/C28H34N8O3/c1-19-24(20-12-25(39-4)27-21(13-29)14-30-35(27)18-20)15-31-36(19)23-7-10-33(11-8-23)28(38)22-16-34(17-22)26(37)6-5-9-32(2)3/h5-6,12,14-15,18,22-23H,7-11,16-17H2,1-4H3/b6-5+. The Morgan fingerprint density at radius 3 is 2.59 bits per heavy atom. The van der Waals surface area contributed by atoms with Crippen LogP contribution in [-0.2, 0) is 9.59 Å². The van der Waals surface area contributed by atoms with Crippen molar-refractivity contribution in [2.24, 2.45) is 5.92 Å². The number of nitrogens with zero attached hydrogens (tertiary/aromatic N) is 8. The van der Waals surface area contributed by atoms with E-state index >= 15 is 0 Å². The maximum Gasteiger partial charge on any atom is 0.246 e. The van der Waals surface area contributed by atoms with Crippen molar-refractivity contribution in [1.29, 1.82) is 5.26 Å². The molecular formula is C28H34N8O3. The van der Waals surface area contributed by atoms with Crippen LogP contribution in [0.3, 0.4) is 0 Å². The van der Waals surface area contributed by atoms with Crippen LogP contribution in [0.1, 0.15) is 30.1 Å². The molecule has 2 aliphatic heterocycles. The second-order valence-electron chi connectivity index (χ2n) is 10.5. The first-order valence-electron chi connectivity index (χ1n) is 13.2. The van der Waals surface area contributed by atoms with E-state index in [4.69, 9.17) is 9.84 Å². The summed E-state index contributed by atoms with van der Waals surface area (Å²) in [7, 11) is 5.49. The quantitative estimate of drug-likeness (QED) is 0.430. The number of likely N-dealkylation sites (tertiary alicyclic amines) is 2. The van der Waals surface area contributed by atoms with Gasteiger partial charge in [-0.15, -0.1) is 0 Å². The van der Waals surface area contributed by atoms with Gasteiger partial charge in [0.05, 0.1) is 31.5 Å². The molecule has 2 fully saturated rings. The number of rotatable bonds is 7. The van der Waals surface area contributed by atoms with Crippen LogP contribution in [0.4, 0.5) is 0 Å². The van der Waals surface area contributed by atoms with Gasteiger partial charge in [-0.05, 0) is 39.9 Å². The molecule has 2 aliphatic rings. The molecule has 0 saturated carbocycles. The third kappa shape index (κ3) is 5.12. The SMILES string of the molecule is COc1cc(-c2cnn(C3CCN(C(=O)C4CN(C(=O)/C=C/CN(C)C)C4)CC3)c2C)cn2ncc(C#N)c12. The highest BCUT2D eigenvalue weighted by Gasteiger charge is 2.38. The van der Waals surface area contributed by atoms with E-state index in [0.717, 1.165) is 29.7 Å². The maximum atomic E-state index is 13.0. The van der Waals surface area contributed by atoms with E-state index < -0.39 is 0 Å². The lowest BCUT2D eigenvalue weighted by molar-refractivity contribution is -0.147. The topological polar surface area (TPSA) is 112 Å². The number of likely N-dealkylation sites (N-methyl/N-ethyl adjacent to an activating group) is 1. The molecule has 5 rings (SSSR count). The van der Waals surface area contributed by atoms with Gasteiger partial charge in [0.1, 0.15) is 22.9 Å². The van der Waals surface area contributed by atoms with Crippen LogP contribution in [0.25, 0.3) is 16.6 Å². The molecule has 3 aromatic heterocycles. The molecule has 2 saturated heterocycles. The van der Waals surface area contributed by atoms with E-state index in [-0.39, 0.29) is 23.8 Å². The van der Waals surface area contributed by atoms with Gasteiger partial charge < -0.3 is 19.4 Å². The number of methoxy groups -OCH3 is 1. The summed E-state index contributed by atoms with van der Waals surface area (Å²) in [6.45, 7) is 5.10. The molecule has 0 aliphatic carbocycles. The third-order valence-corrected chi connectivity index (χ3v) is 7.67. The lowest BCUT2D eigenvalue weighted by Gasteiger charge is -2.42. The second kappa shape index (κ2) is 10.9. The van der Waals surface area contributed by atoms with Gasteiger partial charge >= 0.3 is 0 Å². The Morgan fingerprint density at radius 1 is 1.18 bits per heavy atom. The molecule has 11 nitrogen and oxygen atoms in total. The van der Waals surface area contributed by atoms with Crippen molar-refractivity contribution in [3.63, 3.8) is 0 Å². The summed E-state index contributed by atoms with van der Waals surface area (Å²) in [6, 6.07) is 4.27. The summed E-state index contributed by atoms with van der Waals surface area (Å²) >= 11 is 0. The highest BCUT2D eigenvalue weighted by molar-refractivity contribution is 5.90. The number of ether oxygens (including phenoxy) is 1. The number of carbonyl (C=O) groups is 2. The zero-order valence-corrected chi connectivity index (χ0v) is 22.9. The van der Waals surface area contributed by atoms with E-state index in [9.17, 15) is 14.9 Å². The van der Waals surface area contributed by atoms with Crippen molar-refractivity contribution < 1.29 is 14.3 Å². The van der Waals surface area contributed by atoms with Gasteiger partial charge in [-0.25, -0.2) is 4.52 Å². The average Bonchev–Trinajstić information content (AvgIpc) is 3.50. The minimum Gasteiger partial charge on any atom is -0.494 e. The van der Waals surface area contributed by atoms with Crippen LogP contribution in [-0.4, -0.2) is 99.8 Å². The van der Waals surface area contributed by atoms with Gasteiger partial charge in [0.2, 0.25) is 11.8 Å². The molecule has 0 aromatic carbocycles. The normalized spacial score (nSPS) is 16.7. The summed E-state index contributed by atoms with van der Waals surface area (Å²) in [5.41, 5.74) is 4.02. The van der Waals surface area contributed by atoms with Gasteiger partial charge in [-0.3, -0.25) is 14.3 Å². The Labute approximate surface area is 227 Å². The van der Waals surface area contributed by atoms with Crippen molar-refractivity contribution in [2.75, 3.05) is 53.9 Å². The molecule has 0 N–H and O–H groups in total. The van der Waals surface area contributed by atoms with E-state index in [0.29, 0.717) is 49.6 Å². The fraction of sp³-hybridized carbons (Fsp3) is 0.464. The summed E-state index contributed by atoms with van der Waals surface area (Å²) in [5.74, 6) is 0.587. The Morgan fingerprint density at radius 2 is 1.92 bits per heavy atom. The van der Waals surface area contributed by atoms with Crippen molar-refractivity contribution in [3.8, 4) is 22.9 Å². The molecule has 3 aromatic rings. The monoisotopic (exact) mass is 530 g/mol. The predicted molar refractivity (Wildman–Crippen MR) is 145 cm³/mol. The molecule has 39 heavy (non-hydrogen) atoms. The Kier molecular flexibility index (Phi) is 7.39. The number of piperidine rings is 1. The van der Waals surface area contributed by atoms with Crippen LogP contribution >= 0.6 is 0 Å². The lowest BCUT2D eigenvalue weighted by atomic mass is 9.96. The van der Waals surface area contributed by atoms with Crippen molar-refractivity contribution >= 4 is 17.3 Å². The van der Waals surface area contributed by atoms with Gasteiger partial charge in [-0.2, -0.15) is 15.5 Å². The zero-order chi connectivity index (χ0) is 27.7. The van der Waals surface area contributed by atoms with Crippen LogP contribution in [0.2, 0.25) is 0 Å². The molecule has 0 atom stereocenters. The third-order valence-electron chi connectivity index (χ3n) is 7.67. The lowest BCUT2D eigenvalue weighted by Crippen LogP contribution is -2.57. The van der Waals surface area contributed by atoms with E-state index in [1.54, 1.807) is 22.6 Å². The molecule has 0 bridgehead atoms. The number of nitriles is 1. The van der Waals surface area contributed by atoms with Crippen LogP contribution < -0.4 is 4.74 Å². The first-order valence-corrected chi connectivity index (χ1v) is 13.2. The van der Waals surface area contributed by atoms with E-state index in [1.807, 2.05) is 55.4 Å². The smallest absolute Gasteiger partial charge is 0.246 e. The highest BCUT2D eigenvalue weighted by Crippen LogP contribution is 2.33. The predicted octanol–water partition coefficient (Wildman–Crippen LogP) is 2.13. The average molecular weight is 531 g/mol. The van der Waals surface area contributed by atoms with Gasteiger partial charge in [0, 0.05) is 61.8 Å². The van der Waals surface area contributed by atoms with Crippen molar-refractivity contribution in [3.05, 3.63) is 48.1 Å². The first kappa shape index (κ1) is 26.4. The number of carbonyl (C=O) groups excluding carboxylic acids is 2. The molecule has 0 unspecified atom stereocenters. The van der Waals surface area contributed by atoms with E-state index in [2.05, 4.69) is 15.8 Å². The number of fused-ring (bicyclic) bond motifs is 1. The molecular weight excluding hydrogens is 496 g/mol. The molecule has 204 valence electrons. The van der Waals surface area contributed by atoms with Crippen molar-refractivity contribution in [2.45, 2.75) is 25.8 Å². The van der Waals surface area contributed by atoms with Crippen molar-refractivity contribution in [1.82, 2.24) is 34.1 Å². The highest BCUT2D eigenvalue weighted by atomic mass is 16.5.